The van der Waals surface area contributed by atoms with E-state index in [2.05, 4.69) is 5.32 Å². The van der Waals surface area contributed by atoms with Gasteiger partial charge in [-0.3, -0.25) is 9.59 Å². The highest BCUT2D eigenvalue weighted by molar-refractivity contribution is 8.16. The van der Waals surface area contributed by atoms with Gasteiger partial charge in [-0.25, -0.2) is 4.79 Å². The molecule has 1 amide bonds. The van der Waals surface area contributed by atoms with Crippen LogP contribution < -0.4 is 10.1 Å². The Labute approximate surface area is 184 Å². The van der Waals surface area contributed by atoms with Crippen LogP contribution in [0.1, 0.15) is 33.8 Å². The van der Waals surface area contributed by atoms with Crippen molar-refractivity contribution in [3.63, 3.8) is 0 Å². The standard InChI is InChI=1S/C22H23NO5S2/c1-15(24)16-3-7-18(8-4-16)23-20(25)13-28-21(26)14-27-19-9-5-17(6-10-19)22-29-11-2-12-30-22/h3-10,22H,2,11-14H2,1H3,(H,23,25). The first-order valence-electron chi connectivity index (χ1n) is 9.54. The predicted octanol–water partition coefficient (Wildman–Crippen LogP) is 4.32. The molecule has 2 aromatic carbocycles. The van der Waals surface area contributed by atoms with E-state index in [9.17, 15) is 14.4 Å². The Balaban J connectivity index is 1.38. The van der Waals surface area contributed by atoms with Gasteiger partial charge >= 0.3 is 5.97 Å². The number of ether oxygens (including phenoxy) is 2. The summed E-state index contributed by atoms with van der Waals surface area (Å²) < 4.78 is 10.8. The molecular formula is C22H23NO5S2. The summed E-state index contributed by atoms with van der Waals surface area (Å²) in [6, 6.07) is 14.2. The van der Waals surface area contributed by atoms with Crippen LogP contribution in [0.2, 0.25) is 0 Å². The molecule has 1 N–H and O–H groups in total. The van der Waals surface area contributed by atoms with E-state index < -0.39 is 18.5 Å². The minimum atomic E-state index is -0.625. The van der Waals surface area contributed by atoms with E-state index in [4.69, 9.17) is 9.47 Å². The lowest BCUT2D eigenvalue weighted by Crippen LogP contribution is -2.23. The molecule has 8 heteroatoms. The Morgan fingerprint density at radius 3 is 2.27 bits per heavy atom. The van der Waals surface area contributed by atoms with E-state index in [1.54, 1.807) is 24.3 Å². The molecule has 2 aromatic rings. The zero-order chi connectivity index (χ0) is 21.3. The summed E-state index contributed by atoms with van der Waals surface area (Å²) in [5.74, 6) is 1.79. The van der Waals surface area contributed by atoms with E-state index in [0.717, 1.165) is 0 Å². The van der Waals surface area contributed by atoms with E-state index in [1.807, 2.05) is 47.8 Å². The highest BCUT2D eigenvalue weighted by atomic mass is 32.2. The maximum Gasteiger partial charge on any atom is 0.344 e. The number of hydrogen-bond acceptors (Lipinski definition) is 7. The van der Waals surface area contributed by atoms with Gasteiger partial charge in [0.1, 0.15) is 5.75 Å². The molecule has 0 spiro atoms. The van der Waals surface area contributed by atoms with Gasteiger partial charge in [0.25, 0.3) is 5.91 Å². The fourth-order valence-corrected chi connectivity index (χ4v) is 5.61. The molecule has 1 aliphatic heterocycles. The van der Waals surface area contributed by atoms with Crippen LogP contribution in [0.4, 0.5) is 5.69 Å². The maximum absolute atomic E-state index is 11.9. The van der Waals surface area contributed by atoms with Gasteiger partial charge in [0, 0.05) is 11.3 Å². The molecule has 0 unspecified atom stereocenters. The van der Waals surface area contributed by atoms with E-state index in [-0.39, 0.29) is 12.4 Å². The van der Waals surface area contributed by atoms with E-state index in [1.165, 1.54) is 30.4 Å². The van der Waals surface area contributed by atoms with Crippen LogP contribution in [-0.4, -0.2) is 42.4 Å². The first kappa shape index (κ1) is 22.2. The Kier molecular flexibility index (Phi) is 8.21. The number of ketones is 1. The van der Waals surface area contributed by atoms with Crippen molar-refractivity contribution in [1.82, 2.24) is 0 Å². The molecule has 0 atom stereocenters. The normalized spacial score (nSPS) is 14.0. The summed E-state index contributed by atoms with van der Waals surface area (Å²) >= 11 is 3.89. The number of hydrogen-bond donors (Lipinski definition) is 1. The summed E-state index contributed by atoms with van der Waals surface area (Å²) in [6.07, 6.45) is 1.25. The highest BCUT2D eigenvalue weighted by Crippen LogP contribution is 2.43. The van der Waals surface area contributed by atoms with Crippen LogP contribution in [0.5, 0.6) is 5.75 Å². The number of carbonyl (C=O) groups is 3. The second-order valence-electron chi connectivity index (χ2n) is 6.63. The summed E-state index contributed by atoms with van der Waals surface area (Å²) in [5.41, 5.74) is 2.32. The third kappa shape index (κ3) is 6.81. The van der Waals surface area contributed by atoms with Gasteiger partial charge in [-0.05, 0) is 66.8 Å². The minimum Gasteiger partial charge on any atom is -0.482 e. The molecule has 0 bridgehead atoms. The van der Waals surface area contributed by atoms with Gasteiger partial charge < -0.3 is 14.8 Å². The second kappa shape index (κ2) is 11.1. The number of rotatable bonds is 8. The SMILES string of the molecule is CC(=O)c1ccc(NC(=O)COC(=O)COc2ccc(C3SCCCS3)cc2)cc1. The summed E-state index contributed by atoms with van der Waals surface area (Å²) in [5, 5.41) is 2.60. The second-order valence-corrected chi connectivity index (χ2v) is 9.35. The number of benzene rings is 2. The molecule has 0 saturated carbocycles. The molecule has 1 fully saturated rings. The number of thioether (sulfide) groups is 2. The Morgan fingerprint density at radius 1 is 0.967 bits per heavy atom. The number of amides is 1. The number of anilines is 1. The van der Waals surface area contributed by atoms with Gasteiger partial charge in [-0.2, -0.15) is 0 Å². The molecule has 0 aromatic heterocycles. The van der Waals surface area contributed by atoms with Gasteiger partial charge in [-0.15, -0.1) is 23.5 Å². The van der Waals surface area contributed by atoms with Crippen molar-refractivity contribution in [2.45, 2.75) is 17.9 Å². The van der Waals surface area contributed by atoms with Crippen LogP contribution in [0.3, 0.4) is 0 Å². The first-order valence-corrected chi connectivity index (χ1v) is 11.6. The largest absolute Gasteiger partial charge is 0.482 e. The Hall–Kier alpha value is -2.45. The Bertz CT molecular complexity index is 877. The fourth-order valence-electron chi connectivity index (χ4n) is 2.72. The van der Waals surface area contributed by atoms with Crippen molar-refractivity contribution in [3.05, 3.63) is 59.7 Å². The number of nitrogens with one attached hydrogen (secondary N) is 1. The quantitative estimate of drug-likeness (QED) is 0.479. The van der Waals surface area contributed by atoms with Crippen molar-refractivity contribution >= 4 is 46.9 Å². The van der Waals surface area contributed by atoms with Gasteiger partial charge in [0.05, 0.1) is 4.58 Å². The topological polar surface area (TPSA) is 81.7 Å². The fraction of sp³-hybridized carbons (Fsp3) is 0.318. The van der Waals surface area contributed by atoms with Gasteiger partial charge in [-0.1, -0.05) is 12.1 Å². The molecule has 0 radical (unpaired) electrons. The van der Waals surface area contributed by atoms with Crippen molar-refractivity contribution in [1.29, 1.82) is 0 Å². The lowest BCUT2D eigenvalue weighted by Gasteiger charge is -2.21. The Morgan fingerprint density at radius 2 is 1.63 bits per heavy atom. The van der Waals surface area contributed by atoms with E-state index >= 15 is 0 Å². The van der Waals surface area contributed by atoms with Crippen molar-refractivity contribution in [3.8, 4) is 5.75 Å². The smallest absolute Gasteiger partial charge is 0.344 e. The van der Waals surface area contributed by atoms with Crippen molar-refractivity contribution < 1.29 is 23.9 Å². The minimum absolute atomic E-state index is 0.0526. The van der Waals surface area contributed by atoms with E-state index in [0.29, 0.717) is 21.6 Å². The van der Waals surface area contributed by atoms with Crippen LogP contribution in [0.15, 0.2) is 48.5 Å². The van der Waals surface area contributed by atoms with Gasteiger partial charge in [0.15, 0.2) is 19.0 Å². The molecule has 158 valence electrons. The highest BCUT2D eigenvalue weighted by Gasteiger charge is 2.16. The number of esters is 1. The average molecular weight is 446 g/mol. The zero-order valence-electron chi connectivity index (χ0n) is 16.6. The molecule has 3 rings (SSSR count). The summed E-state index contributed by atoms with van der Waals surface area (Å²) in [4.78, 5) is 35.0. The van der Waals surface area contributed by atoms with Crippen LogP contribution in [0, 0.1) is 0 Å². The summed E-state index contributed by atoms with van der Waals surface area (Å²) in [7, 11) is 0. The van der Waals surface area contributed by atoms with Crippen LogP contribution in [-0.2, 0) is 14.3 Å². The molecule has 1 saturated heterocycles. The predicted molar refractivity (Wildman–Crippen MR) is 120 cm³/mol. The van der Waals surface area contributed by atoms with Crippen LogP contribution in [0.25, 0.3) is 0 Å². The molecule has 30 heavy (non-hydrogen) atoms. The van der Waals surface area contributed by atoms with Crippen molar-refractivity contribution in [2.75, 3.05) is 30.0 Å². The average Bonchev–Trinajstić information content (AvgIpc) is 2.77. The first-order chi connectivity index (χ1) is 14.5. The van der Waals surface area contributed by atoms with Crippen molar-refractivity contribution in [2.24, 2.45) is 0 Å². The zero-order valence-corrected chi connectivity index (χ0v) is 18.2. The summed E-state index contributed by atoms with van der Waals surface area (Å²) in [6.45, 7) is 0.789. The lowest BCUT2D eigenvalue weighted by molar-refractivity contribution is -0.149. The maximum atomic E-state index is 11.9. The molecule has 1 aliphatic rings. The molecule has 6 nitrogen and oxygen atoms in total. The molecule has 0 aliphatic carbocycles. The van der Waals surface area contributed by atoms with Gasteiger partial charge in [0.2, 0.25) is 0 Å². The monoisotopic (exact) mass is 445 g/mol. The number of Topliss-reactive ketones (excluding diaryl/α,β-unsaturated/α-hetero) is 1. The third-order valence-corrected chi connectivity index (χ3v) is 7.29. The number of carbonyl (C=O) groups excluding carboxylic acids is 3. The van der Waals surface area contributed by atoms with Crippen LogP contribution >= 0.6 is 23.5 Å². The lowest BCUT2D eigenvalue weighted by atomic mass is 10.1. The third-order valence-electron chi connectivity index (χ3n) is 4.28. The molecular weight excluding hydrogens is 422 g/mol. The molecule has 1 heterocycles.